The highest BCUT2D eigenvalue weighted by molar-refractivity contribution is 9.10. The van der Waals surface area contributed by atoms with E-state index in [-0.39, 0.29) is 31.3 Å². The number of nitrogens with zero attached hydrogens (tertiary/aromatic N) is 2. The number of carbonyl (C=O) groups excluding carboxylic acids is 2. The van der Waals surface area contributed by atoms with Gasteiger partial charge in [0, 0.05) is 36.9 Å². The number of carbonyl (C=O) groups is 2. The van der Waals surface area contributed by atoms with E-state index in [0.717, 1.165) is 21.2 Å². The van der Waals surface area contributed by atoms with Crippen LogP contribution < -0.4 is 9.62 Å². The van der Waals surface area contributed by atoms with E-state index in [2.05, 4.69) is 21.2 Å². The van der Waals surface area contributed by atoms with Gasteiger partial charge in [0.15, 0.2) is 0 Å². The van der Waals surface area contributed by atoms with Crippen LogP contribution in [-0.2, 0) is 32.6 Å². The Morgan fingerprint density at radius 1 is 0.923 bits per heavy atom. The molecule has 0 aliphatic carbocycles. The predicted molar refractivity (Wildman–Crippen MR) is 160 cm³/mol. The summed E-state index contributed by atoms with van der Waals surface area (Å²) >= 11 is 3.45. The SMILES string of the molecule is CCNC(=O)C(Cc1ccccc1)N(Cc1ccc(Br)cc1)C(=O)CCCN(c1ccccc1C)S(C)(=O)=O. The lowest BCUT2D eigenvalue weighted by Crippen LogP contribution is -2.50. The van der Waals surface area contributed by atoms with Gasteiger partial charge in [-0.2, -0.15) is 0 Å². The van der Waals surface area contributed by atoms with Gasteiger partial charge in [-0.15, -0.1) is 0 Å². The maximum Gasteiger partial charge on any atom is 0.243 e. The molecule has 0 saturated carbocycles. The van der Waals surface area contributed by atoms with Crippen molar-refractivity contribution in [2.45, 2.75) is 45.7 Å². The molecule has 0 aliphatic heterocycles. The number of halogens is 1. The van der Waals surface area contributed by atoms with Gasteiger partial charge >= 0.3 is 0 Å². The largest absolute Gasteiger partial charge is 0.355 e. The van der Waals surface area contributed by atoms with Crippen molar-refractivity contribution in [1.82, 2.24) is 10.2 Å². The van der Waals surface area contributed by atoms with Crippen LogP contribution in [0.1, 0.15) is 36.5 Å². The third-order valence-electron chi connectivity index (χ3n) is 6.42. The molecule has 2 amide bonds. The summed E-state index contributed by atoms with van der Waals surface area (Å²) in [5, 5.41) is 2.89. The lowest BCUT2D eigenvalue weighted by Gasteiger charge is -2.32. The molecule has 208 valence electrons. The van der Waals surface area contributed by atoms with Crippen molar-refractivity contribution >= 4 is 43.5 Å². The van der Waals surface area contributed by atoms with Gasteiger partial charge in [0.05, 0.1) is 11.9 Å². The molecule has 1 unspecified atom stereocenters. The van der Waals surface area contributed by atoms with Crippen LogP contribution in [0.3, 0.4) is 0 Å². The molecule has 0 aliphatic rings. The second-order valence-electron chi connectivity index (χ2n) is 9.47. The van der Waals surface area contributed by atoms with E-state index in [0.29, 0.717) is 25.1 Å². The molecule has 3 aromatic carbocycles. The quantitative estimate of drug-likeness (QED) is 0.291. The summed E-state index contributed by atoms with van der Waals surface area (Å²) in [6, 6.07) is 23.9. The third kappa shape index (κ3) is 8.93. The molecule has 1 N–H and O–H groups in total. The molecule has 0 heterocycles. The van der Waals surface area contributed by atoms with Crippen molar-refractivity contribution in [1.29, 1.82) is 0 Å². The average Bonchev–Trinajstić information content (AvgIpc) is 2.90. The molecule has 1 atom stereocenters. The maximum absolute atomic E-state index is 13.8. The Balaban J connectivity index is 1.86. The summed E-state index contributed by atoms with van der Waals surface area (Å²) in [7, 11) is -3.55. The molecule has 0 spiro atoms. The normalized spacial score (nSPS) is 12.0. The second-order valence-corrected chi connectivity index (χ2v) is 12.3. The van der Waals surface area contributed by atoms with Gasteiger partial charge in [0.25, 0.3) is 0 Å². The number of hydrogen-bond donors (Lipinski definition) is 1. The lowest BCUT2D eigenvalue weighted by molar-refractivity contribution is -0.141. The highest BCUT2D eigenvalue weighted by Crippen LogP contribution is 2.23. The molecule has 9 heteroatoms. The second kappa shape index (κ2) is 14.3. The zero-order chi connectivity index (χ0) is 28.4. The zero-order valence-electron chi connectivity index (χ0n) is 22.6. The first-order chi connectivity index (χ1) is 18.6. The van der Waals surface area contributed by atoms with E-state index >= 15 is 0 Å². The number of para-hydroxylation sites is 1. The molecule has 0 fully saturated rings. The van der Waals surface area contributed by atoms with E-state index < -0.39 is 16.1 Å². The molecule has 0 bridgehead atoms. The molecular weight excluding hydrogens is 578 g/mol. The monoisotopic (exact) mass is 613 g/mol. The molecule has 0 aromatic heterocycles. The lowest BCUT2D eigenvalue weighted by atomic mass is 10.0. The van der Waals surface area contributed by atoms with Crippen molar-refractivity contribution in [3.8, 4) is 0 Å². The van der Waals surface area contributed by atoms with Gasteiger partial charge in [-0.25, -0.2) is 8.42 Å². The van der Waals surface area contributed by atoms with Crippen LogP contribution in [0.15, 0.2) is 83.3 Å². The number of nitrogens with one attached hydrogen (secondary N) is 1. The Morgan fingerprint density at radius 2 is 1.56 bits per heavy atom. The van der Waals surface area contributed by atoms with Crippen LogP contribution in [0.25, 0.3) is 0 Å². The third-order valence-corrected chi connectivity index (χ3v) is 8.13. The van der Waals surface area contributed by atoms with Gasteiger partial charge in [0.2, 0.25) is 21.8 Å². The highest BCUT2D eigenvalue weighted by Gasteiger charge is 2.30. The van der Waals surface area contributed by atoms with Gasteiger partial charge < -0.3 is 10.2 Å². The van der Waals surface area contributed by atoms with Crippen LogP contribution in [0, 0.1) is 6.92 Å². The Labute approximate surface area is 240 Å². The zero-order valence-corrected chi connectivity index (χ0v) is 25.0. The summed E-state index contributed by atoms with van der Waals surface area (Å²) in [5.74, 6) is -0.423. The predicted octanol–water partition coefficient (Wildman–Crippen LogP) is 5.08. The van der Waals surface area contributed by atoms with Gasteiger partial charge in [-0.05, 0) is 55.2 Å². The van der Waals surface area contributed by atoms with Crippen LogP contribution in [0.2, 0.25) is 0 Å². The Hall–Kier alpha value is -3.17. The van der Waals surface area contributed by atoms with E-state index in [1.54, 1.807) is 17.0 Å². The molecule has 3 rings (SSSR count). The number of amides is 2. The fraction of sp³-hybridized carbons (Fsp3) is 0.333. The molecule has 0 saturated heterocycles. The van der Waals surface area contributed by atoms with Gasteiger partial charge in [0.1, 0.15) is 6.04 Å². The van der Waals surface area contributed by atoms with Crippen LogP contribution >= 0.6 is 15.9 Å². The van der Waals surface area contributed by atoms with Crippen LogP contribution in [-0.4, -0.2) is 50.5 Å². The summed E-state index contributed by atoms with van der Waals surface area (Å²) in [4.78, 5) is 28.7. The van der Waals surface area contributed by atoms with Crippen molar-refractivity contribution in [2.75, 3.05) is 23.7 Å². The van der Waals surface area contributed by atoms with Crippen LogP contribution in [0.5, 0.6) is 0 Å². The number of benzene rings is 3. The number of rotatable bonds is 13. The smallest absolute Gasteiger partial charge is 0.243 e. The minimum absolute atomic E-state index is 0.0964. The highest BCUT2D eigenvalue weighted by atomic mass is 79.9. The Morgan fingerprint density at radius 3 is 2.18 bits per heavy atom. The number of anilines is 1. The number of sulfonamides is 1. The number of aryl methyl sites for hydroxylation is 1. The molecule has 7 nitrogen and oxygen atoms in total. The Bertz CT molecular complexity index is 1350. The van der Waals surface area contributed by atoms with Crippen molar-refractivity contribution in [3.05, 3.63) is 100 Å². The number of likely N-dealkylation sites (N-methyl/N-ethyl adjacent to an activating group) is 1. The van der Waals surface area contributed by atoms with Gasteiger partial charge in [-0.1, -0.05) is 76.6 Å². The van der Waals surface area contributed by atoms with E-state index in [4.69, 9.17) is 0 Å². The van der Waals surface area contributed by atoms with Crippen LogP contribution in [0.4, 0.5) is 5.69 Å². The van der Waals surface area contributed by atoms with Crippen molar-refractivity contribution in [2.24, 2.45) is 0 Å². The molecule has 0 radical (unpaired) electrons. The minimum atomic E-state index is -3.55. The minimum Gasteiger partial charge on any atom is -0.355 e. The first-order valence-corrected chi connectivity index (χ1v) is 15.6. The molecular formula is C30H36BrN3O4S. The van der Waals surface area contributed by atoms with Gasteiger partial charge in [-0.3, -0.25) is 13.9 Å². The fourth-order valence-corrected chi connectivity index (χ4v) is 5.75. The standard InChI is InChI=1S/C30H36BrN3O4S/c1-4-32-30(36)28(21-24-12-6-5-7-13-24)33(22-25-16-18-26(31)19-17-25)29(35)15-10-20-34(39(3,37)38)27-14-9-8-11-23(27)2/h5-9,11-14,16-19,28H,4,10,15,20-22H2,1-3H3,(H,32,36). The first kappa shape index (κ1) is 30.4. The summed E-state index contributed by atoms with van der Waals surface area (Å²) in [6.45, 7) is 4.58. The van der Waals surface area contributed by atoms with E-state index in [1.807, 2.05) is 80.6 Å². The average molecular weight is 615 g/mol. The Kier molecular flexibility index (Phi) is 11.1. The molecule has 3 aromatic rings. The van der Waals surface area contributed by atoms with Crippen molar-refractivity contribution < 1.29 is 18.0 Å². The fourth-order valence-electron chi connectivity index (χ4n) is 4.46. The summed E-state index contributed by atoms with van der Waals surface area (Å²) < 4.78 is 27.5. The number of hydrogen-bond acceptors (Lipinski definition) is 4. The first-order valence-electron chi connectivity index (χ1n) is 13.0. The van der Waals surface area contributed by atoms with Crippen molar-refractivity contribution in [3.63, 3.8) is 0 Å². The topological polar surface area (TPSA) is 86.8 Å². The maximum atomic E-state index is 13.8. The summed E-state index contributed by atoms with van der Waals surface area (Å²) in [5.41, 5.74) is 3.28. The van der Waals surface area contributed by atoms with E-state index in [9.17, 15) is 18.0 Å². The molecule has 39 heavy (non-hydrogen) atoms. The summed E-state index contributed by atoms with van der Waals surface area (Å²) in [6.07, 6.45) is 1.95. The van der Waals surface area contributed by atoms with E-state index in [1.165, 1.54) is 10.6 Å².